The van der Waals surface area contributed by atoms with Crippen LogP contribution in [0.4, 0.5) is 0 Å². The zero-order valence-electron chi connectivity index (χ0n) is 14.4. The van der Waals surface area contributed by atoms with E-state index in [1.807, 2.05) is 0 Å². The predicted molar refractivity (Wildman–Crippen MR) is 87.6 cm³/mol. The van der Waals surface area contributed by atoms with Crippen molar-refractivity contribution in [2.75, 3.05) is 7.11 Å². The first kappa shape index (κ1) is 17.0. The second-order valence-corrected chi connectivity index (χ2v) is 6.12. The summed E-state index contributed by atoms with van der Waals surface area (Å²) in [5.41, 5.74) is -0.100. The average molecular weight is 374 g/mol. The molecule has 0 aliphatic carbocycles. The molecule has 2 heterocycles. The Balaban J connectivity index is 2.07. The van der Waals surface area contributed by atoms with Crippen LogP contribution in [0.5, 0.6) is 34.5 Å². The Morgan fingerprint density at radius 3 is 2.33 bits per heavy atom. The fourth-order valence-electron chi connectivity index (χ4n) is 3.22. The smallest absolute Gasteiger partial charge is 0.347 e. The first-order valence-corrected chi connectivity index (χ1v) is 7.85. The van der Waals surface area contributed by atoms with Crippen LogP contribution in [-0.4, -0.2) is 34.4 Å². The maximum Gasteiger partial charge on any atom is 0.347 e. The monoisotopic (exact) mass is 374 g/mol. The maximum atomic E-state index is 12.7. The van der Waals surface area contributed by atoms with Gasteiger partial charge in [0.2, 0.25) is 12.0 Å². The highest BCUT2D eigenvalue weighted by atomic mass is 16.6. The van der Waals surface area contributed by atoms with E-state index in [4.69, 9.17) is 18.9 Å². The van der Waals surface area contributed by atoms with Crippen molar-refractivity contribution in [2.24, 2.45) is 0 Å². The molecule has 2 aromatic rings. The Morgan fingerprint density at radius 2 is 1.67 bits per heavy atom. The van der Waals surface area contributed by atoms with Gasteiger partial charge in [0, 0.05) is 5.56 Å². The number of carbonyl (C=O) groups is 2. The molecule has 2 aliphatic rings. The van der Waals surface area contributed by atoms with Gasteiger partial charge >= 0.3 is 11.9 Å². The summed E-state index contributed by atoms with van der Waals surface area (Å²) >= 11 is 0. The normalized spacial score (nSPS) is 17.1. The zero-order chi connectivity index (χ0) is 19.6. The number of aliphatic hydroxyl groups is 1. The molecule has 9 nitrogen and oxygen atoms in total. The van der Waals surface area contributed by atoms with Crippen LogP contribution in [0, 0.1) is 13.8 Å². The van der Waals surface area contributed by atoms with Gasteiger partial charge in [0.15, 0.2) is 23.0 Å². The number of benzene rings is 2. The zero-order valence-corrected chi connectivity index (χ0v) is 14.4. The highest BCUT2D eigenvalue weighted by Gasteiger charge is 2.42. The summed E-state index contributed by atoms with van der Waals surface area (Å²) in [6.07, 6.45) is -1.73. The number of aliphatic hydroxyl groups excluding tert-OH is 1. The van der Waals surface area contributed by atoms with E-state index in [0.717, 1.165) is 0 Å². The Bertz CT molecular complexity index is 1040. The molecule has 9 heteroatoms. The lowest BCUT2D eigenvalue weighted by Crippen LogP contribution is -2.10. The molecular formula is C18H14O9. The van der Waals surface area contributed by atoms with Crippen LogP contribution in [0.1, 0.15) is 43.7 Å². The van der Waals surface area contributed by atoms with Gasteiger partial charge in [-0.15, -0.1) is 0 Å². The SMILES string of the molecule is COc1cc(C)c2c(c1O)Oc1c(c(C)c(O)c3c1[C@@H](O)OC3=O)OC2=O. The number of fused-ring (bicyclic) bond motifs is 4. The fraction of sp³-hybridized carbons (Fsp3) is 0.222. The fourth-order valence-corrected chi connectivity index (χ4v) is 3.22. The first-order valence-electron chi connectivity index (χ1n) is 7.85. The molecule has 0 unspecified atom stereocenters. The van der Waals surface area contributed by atoms with Crippen LogP contribution in [0.15, 0.2) is 6.07 Å². The van der Waals surface area contributed by atoms with E-state index in [2.05, 4.69) is 0 Å². The minimum Gasteiger partial charge on any atom is -0.507 e. The number of esters is 2. The molecule has 0 bridgehead atoms. The van der Waals surface area contributed by atoms with E-state index in [0.29, 0.717) is 5.56 Å². The van der Waals surface area contributed by atoms with Crippen molar-refractivity contribution in [3.8, 4) is 34.5 Å². The van der Waals surface area contributed by atoms with Crippen molar-refractivity contribution in [3.63, 3.8) is 0 Å². The average Bonchev–Trinajstić information content (AvgIpc) is 2.81. The largest absolute Gasteiger partial charge is 0.507 e. The van der Waals surface area contributed by atoms with E-state index in [9.17, 15) is 24.9 Å². The van der Waals surface area contributed by atoms with Crippen LogP contribution < -0.4 is 14.2 Å². The third-order valence-corrected chi connectivity index (χ3v) is 4.56. The van der Waals surface area contributed by atoms with Gasteiger partial charge in [-0.2, -0.15) is 0 Å². The second kappa shape index (κ2) is 5.52. The van der Waals surface area contributed by atoms with Crippen molar-refractivity contribution < 1.29 is 43.9 Å². The molecule has 0 fully saturated rings. The second-order valence-electron chi connectivity index (χ2n) is 6.12. The van der Waals surface area contributed by atoms with Crippen molar-refractivity contribution in [1.29, 1.82) is 0 Å². The van der Waals surface area contributed by atoms with Gasteiger partial charge in [0.1, 0.15) is 16.9 Å². The van der Waals surface area contributed by atoms with Crippen molar-refractivity contribution in [1.82, 2.24) is 0 Å². The Labute approximate surface area is 152 Å². The van der Waals surface area contributed by atoms with E-state index in [1.165, 1.54) is 20.1 Å². The van der Waals surface area contributed by atoms with Crippen LogP contribution in [0.3, 0.4) is 0 Å². The van der Waals surface area contributed by atoms with E-state index in [-0.39, 0.29) is 45.3 Å². The molecule has 3 N–H and O–H groups in total. The number of cyclic esters (lactones) is 1. The van der Waals surface area contributed by atoms with Crippen LogP contribution >= 0.6 is 0 Å². The number of aryl methyl sites for hydroxylation is 1. The number of hydrogen-bond acceptors (Lipinski definition) is 9. The van der Waals surface area contributed by atoms with Crippen LogP contribution in [-0.2, 0) is 4.74 Å². The molecular weight excluding hydrogens is 360 g/mol. The Hall–Kier alpha value is -3.46. The summed E-state index contributed by atoms with van der Waals surface area (Å²) in [6, 6.07) is 1.44. The minimum atomic E-state index is -1.73. The van der Waals surface area contributed by atoms with Crippen LogP contribution in [0.25, 0.3) is 0 Å². The molecule has 0 saturated heterocycles. The van der Waals surface area contributed by atoms with E-state index < -0.39 is 29.7 Å². The number of hydrogen-bond donors (Lipinski definition) is 3. The lowest BCUT2D eigenvalue weighted by molar-refractivity contribution is -0.0555. The number of aromatic hydroxyl groups is 2. The number of ether oxygens (including phenoxy) is 4. The van der Waals surface area contributed by atoms with Crippen molar-refractivity contribution in [3.05, 3.63) is 33.9 Å². The minimum absolute atomic E-state index is 0.0417. The van der Waals surface area contributed by atoms with Gasteiger partial charge in [-0.05, 0) is 25.5 Å². The first-order chi connectivity index (χ1) is 12.8. The number of phenolic OH excluding ortho intramolecular Hbond substituents is 2. The quantitative estimate of drug-likeness (QED) is 0.507. The highest BCUT2D eigenvalue weighted by Crippen LogP contribution is 2.55. The van der Waals surface area contributed by atoms with E-state index >= 15 is 0 Å². The summed E-state index contributed by atoms with van der Waals surface area (Å²) in [5, 5.41) is 30.9. The topological polar surface area (TPSA) is 132 Å². The summed E-state index contributed by atoms with van der Waals surface area (Å²) in [6.45, 7) is 3.00. The molecule has 27 heavy (non-hydrogen) atoms. The summed E-state index contributed by atoms with van der Waals surface area (Å²) in [7, 11) is 1.33. The lowest BCUT2D eigenvalue weighted by Gasteiger charge is -2.16. The molecule has 1 atom stereocenters. The third kappa shape index (κ3) is 2.15. The third-order valence-electron chi connectivity index (χ3n) is 4.56. The van der Waals surface area contributed by atoms with Crippen molar-refractivity contribution in [2.45, 2.75) is 20.1 Å². The Morgan fingerprint density at radius 1 is 0.963 bits per heavy atom. The molecule has 140 valence electrons. The number of methoxy groups -OCH3 is 1. The highest BCUT2D eigenvalue weighted by molar-refractivity contribution is 6.02. The van der Waals surface area contributed by atoms with Gasteiger partial charge in [0.25, 0.3) is 0 Å². The van der Waals surface area contributed by atoms with E-state index in [1.54, 1.807) is 6.92 Å². The molecule has 0 amide bonds. The number of carbonyl (C=O) groups excluding carboxylic acids is 2. The maximum absolute atomic E-state index is 12.7. The molecule has 2 aliphatic heterocycles. The number of phenols is 2. The van der Waals surface area contributed by atoms with Gasteiger partial charge in [0.05, 0.1) is 12.7 Å². The molecule has 2 aromatic carbocycles. The molecule has 0 radical (unpaired) electrons. The predicted octanol–water partition coefficient (Wildman–Crippen LogP) is 2.21. The Kier molecular flexibility index (Phi) is 3.47. The number of rotatable bonds is 1. The molecule has 0 spiro atoms. The summed E-state index contributed by atoms with van der Waals surface area (Å²) < 4.78 is 20.9. The molecule has 0 aromatic heterocycles. The summed E-state index contributed by atoms with van der Waals surface area (Å²) in [4.78, 5) is 24.6. The van der Waals surface area contributed by atoms with Gasteiger partial charge in [-0.25, -0.2) is 9.59 Å². The van der Waals surface area contributed by atoms with Crippen LogP contribution in [0.2, 0.25) is 0 Å². The standard InChI is InChI=1S/C18H14O9/c1-5-4-7(24-3)12(20)14-8(5)16(21)26-13-6(2)11(19)9-10(15(13)25-14)18(23)27-17(9)22/h4,18-20,23H,1-3H3/t18-/m0/s1. The van der Waals surface area contributed by atoms with Crippen molar-refractivity contribution >= 4 is 11.9 Å². The summed E-state index contributed by atoms with van der Waals surface area (Å²) in [5.74, 6) is -3.35. The lowest BCUT2D eigenvalue weighted by atomic mass is 10.0. The van der Waals surface area contributed by atoms with Gasteiger partial charge in [-0.1, -0.05) is 0 Å². The van der Waals surface area contributed by atoms with Gasteiger partial charge in [-0.3, -0.25) is 0 Å². The van der Waals surface area contributed by atoms with Gasteiger partial charge < -0.3 is 34.3 Å². The molecule has 4 rings (SSSR count). The molecule has 0 saturated carbocycles.